The Hall–Kier alpha value is -1.20. The fourth-order valence-electron chi connectivity index (χ4n) is 2.37. The van der Waals surface area contributed by atoms with E-state index < -0.39 is 0 Å². The summed E-state index contributed by atoms with van der Waals surface area (Å²) in [6.45, 7) is 2.16. The molecule has 1 fully saturated rings. The van der Waals surface area contributed by atoms with Crippen molar-refractivity contribution in [3.05, 3.63) is 46.0 Å². The lowest BCUT2D eigenvalue weighted by atomic mass is 10.1. The molecule has 5 heteroatoms. The Morgan fingerprint density at radius 2 is 2.16 bits per heavy atom. The zero-order valence-corrected chi connectivity index (χ0v) is 12.2. The molecule has 1 aromatic carbocycles. The number of benzene rings is 1. The Labute approximate surface area is 120 Å². The second-order valence-electron chi connectivity index (χ2n) is 4.97. The SMILES string of the molecule is Brc1ccc(Cc2noc(CC3CCNC3)n2)cc1. The second kappa shape index (κ2) is 5.84. The summed E-state index contributed by atoms with van der Waals surface area (Å²) in [7, 11) is 0. The van der Waals surface area contributed by atoms with Crippen molar-refractivity contribution in [2.24, 2.45) is 5.92 Å². The fourth-order valence-corrected chi connectivity index (χ4v) is 2.63. The number of halogens is 1. The summed E-state index contributed by atoms with van der Waals surface area (Å²) in [5.74, 6) is 2.17. The first-order chi connectivity index (χ1) is 9.29. The molecule has 0 spiro atoms. The van der Waals surface area contributed by atoms with Crippen LogP contribution in [0, 0.1) is 5.92 Å². The van der Waals surface area contributed by atoms with Crippen molar-refractivity contribution in [2.75, 3.05) is 13.1 Å². The quantitative estimate of drug-likeness (QED) is 0.940. The van der Waals surface area contributed by atoms with Gasteiger partial charge in [-0.2, -0.15) is 4.98 Å². The van der Waals surface area contributed by atoms with Crippen LogP contribution in [-0.4, -0.2) is 23.2 Å². The van der Waals surface area contributed by atoms with Gasteiger partial charge in [0.05, 0.1) is 0 Å². The lowest BCUT2D eigenvalue weighted by Crippen LogP contribution is -2.10. The zero-order valence-electron chi connectivity index (χ0n) is 10.6. The van der Waals surface area contributed by atoms with Gasteiger partial charge in [-0.1, -0.05) is 33.2 Å². The standard InChI is InChI=1S/C14H16BrN3O/c15-12-3-1-10(2-4-12)7-13-17-14(19-18-13)8-11-5-6-16-9-11/h1-4,11,16H,5-9H2. The van der Waals surface area contributed by atoms with Gasteiger partial charge in [0.25, 0.3) is 0 Å². The number of hydrogen-bond donors (Lipinski definition) is 1. The van der Waals surface area contributed by atoms with E-state index in [1.165, 1.54) is 12.0 Å². The van der Waals surface area contributed by atoms with Crippen molar-refractivity contribution in [3.63, 3.8) is 0 Å². The van der Waals surface area contributed by atoms with Crippen LogP contribution in [0.1, 0.15) is 23.7 Å². The maximum Gasteiger partial charge on any atom is 0.226 e. The summed E-state index contributed by atoms with van der Waals surface area (Å²) in [6.07, 6.45) is 2.81. The van der Waals surface area contributed by atoms with Crippen LogP contribution in [-0.2, 0) is 12.8 Å². The number of nitrogens with one attached hydrogen (secondary N) is 1. The molecule has 3 rings (SSSR count). The van der Waals surface area contributed by atoms with Gasteiger partial charge in [0.15, 0.2) is 5.82 Å². The molecule has 19 heavy (non-hydrogen) atoms. The van der Waals surface area contributed by atoms with Gasteiger partial charge >= 0.3 is 0 Å². The van der Waals surface area contributed by atoms with Crippen molar-refractivity contribution in [3.8, 4) is 0 Å². The third-order valence-corrected chi connectivity index (χ3v) is 3.94. The van der Waals surface area contributed by atoms with E-state index in [0.717, 1.165) is 42.1 Å². The third kappa shape index (κ3) is 3.42. The molecule has 100 valence electrons. The molecule has 0 aliphatic carbocycles. The first-order valence-corrected chi connectivity index (χ1v) is 7.35. The van der Waals surface area contributed by atoms with Crippen LogP contribution < -0.4 is 5.32 Å². The number of rotatable bonds is 4. The summed E-state index contributed by atoms with van der Waals surface area (Å²) in [5, 5.41) is 7.41. The molecule has 4 nitrogen and oxygen atoms in total. The van der Waals surface area contributed by atoms with E-state index in [-0.39, 0.29) is 0 Å². The van der Waals surface area contributed by atoms with Crippen molar-refractivity contribution < 1.29 is 4.52 Å². The third-order valence-electron chi connectivity index (χ3n) is 3.41. The predicted octanol–water partition coefficient (Wildman–Crippen LogP) is 2.57. The van der Waals surface area contributed by atoms with E-state index in [1.807, 2.05) is 12.1 Å². The average molecular weight is 322 g/mol. The van der Waals surface area contributed by atoms with Gasteiger partial charge in [0.1, 0.15) is 0 Å². The maximum absolute atomic E-state index is 5.32. The summed E-state index contributed by atoms with van der Waals surface area (Å²) in [6, 6.07) is 8.20. The molecule has 2 aromatic rings. The minimum Gasteiger partial charge on any atom is -0.339 e. The van der Waals surface area contributed by atoms with Gasteiger partial charge in [-0.05, 0) is 43.1 Å². The number of aromatic nitrogens is 2. The highest BCUT2D eigenvalue weighted by Crippen LogP contribution is 2.16. The first kappa shape index (κ1) is 12.8. The summed E-state index contributed by atoms with van der Waals surface area (Å²) < 4.78 is 6.41. The highest BCUT2D eigenvalue weighted by Gasteiger charge is 2.18. The molecular weight excluding hydrogens is 306 g/mol. The molecule has 1 N–H and O–H groups in total. The van der Waals surface area contributed by atoms with Gasteiger partial charge in [0.2, 0.25) is 5.89 Å². The fraction of sp³-hybridized carbons (Fsp3) is 0.429. The highest BCUT2D eigenvalue weighted by atomic mass is 79.9. The molecule has 1 saturated heterocycles. The molecule has 1 aromatic heterocycles. The molecule has 1 aliphatic heterocycles. The van der Waals surface area contributed by atoms with Gasteiger partial charge in [0, 0.05) is 17.3 Å². The van der Waals surface area contributed by atoms with E-state index >= 15 is 0 Å². The van der Waals surface area contributed by atoms with Crippen molar-refractivity contribution >= 4 is 15.9 Å². The van der Waals surface area contributed by atoms with Crippen LogP contribution in [0.3, 0.4) is 0 Å². The van der Waals surface area contributed by atoms with E-state index in [9.17, 15) is 0 Å². The number of nitrogens with zero attached hydrogens (tertiary/aromatic N) is 2. The number of hydrogen-bond acceptors (Lipinski definition) is 4. The van der Waals surface area contributed by atoms with Crippen LogP contribution >= 0.6 is 15.9 Å². The lowest BCUT2D eigenvalue weighted by Gasteiger charge is -2.01. The van der Waals surface area contributed by atoms with Crippen LogP contribution in [0.25, 0.3) is 0 Å². The molecule has 0 amide bonds. The largest absolute Gasteiger partial charge is 0.339 e. The van der Waals surface area contributed by atoms with E-state index in [4.69, 9.17) is 4.52 Å². The summed E-state index contributed by atoms with van der Waals surface area (Å²) >= 11 is 3.43. The summed E-state index contributed by atoms with van der Waals surface area (Å²) in [4.78, 5) is 4.47. The second-order valence-corrected chi connectivity index (χ2v) is 5.89. The van der Waals surface area contributed by atoms with Gasteiger partial charge in [-0.3, -0.25) is 0 Å². The smallest absolute Gasteiger partial charge is 0.226 e. The van der Waals surface area contributed by atoms with Crippen LogP contribution in [0.5, 0.6) is 0 Å². The van der Waals surface area contributed by atoms with Crippen molar-refractivity contribution in [1.29, 1.82) is 0 Å². The maximum atomic E-state index is 5.32. The predicted molar refractivity (Wildman–Crippen MR) is 75.9 cm³/mol. The Balaban J connectivity index is 1.62. The monoisotopic (exact) mass is 321 g/mol. The molecule has 1 unspecified atom stereocenters. The lowest BCUT2D eigenvalue weighted by molar-refractivity contribution is 0.354. The van der Waals surface area contributed by atoms with Crippen molar-refractivity contribution in [1.82, 2.24) is 15.5 Å². The Morgan fingerprint density at radius 1 is 1.32 bits per heavy atom. The Morgan fingerprint density at radius 3 is 2.89 bits per heavy atom. The minimum absolute atomic E-state index is 0.640. The summed E-state index contributed by atoms with van der Waals surface area (Å²) in [5.41, 5.74) is 1.19. The normalized spacial score (nSPS) is 18.9. The molecule has 1 aliphatic rings. The highest BCUT2D eigenvalue weighted by molar-refractivity contribution is 9.10. The van der Waals surface area contributed by atoms with Crippen LogP contribution in [0.15, 0.2) is 33.3 Å². The van der Waals surface area contributed by atoms with E-state index in [1.54, 1.807) is 0 Å². The van der Waals surface area contributed by atoms with Crippen LogP contribution in [0.4, 0.5) is 0 Å². The van der Waals surface area contributed by atoms with Gasteiger partial charge in [-0.25, -0.2) is 0 Å². The van der Waals surface area contributed by atoms with Crippen LogP contribution in [0.2, 0.25) is 0 Å². The Kier molecular flexibility index (Phi) is 3.94. The molecule has 2 heterocycles. The van der Waals surface area contributed by atoms with E-state index in [2.05, 4.69) is 43.5 Å². The molecule has 0 saturated carbocycles. The first-order valence-electron chi connectivity index (χ1n) is 6.56. The average Bonchev–Trinajstić information content (AvgIpc) is 3.05. The van der Waals surface area contributed by atoms with E-state index in [0.29, 0.717) is 5.92 Å². The molecule has 0 radical (unpaired) electrons. The van der Waals surface area contributed by atoms with Crippen molar-refractivity contribution in [2.45, 2.75) is 19.3 Å². The molecular formula is C14H16BrN3O. The minimum atomic E-state index is 0.640. The van der Waals surface area contributed by atoms with Gasteiger partial charge in [-0.15, -0.1) is 0 Å². The molecule has 0 bridgehead atoms. The molecule has 1 atom stereocenters. The van der Waals surface area contributed by atoms with Gasteiger partial charge < -0.3 is 9.84 Å². The Bertz CT molecular complexity index is 532. The zero-order chi connectivity index (χ0) is 13.1. The topological polar surface area (TPSA) is 51.0 Å².